The van der Waals surface area contributed by atoms with E-state index in [1.807, 2.05) is 20.8 Å². The number of esters is 1. The van der Waals surface area contributed by atoms with E-state index in [0.717, 1.165) is 6.42 Å². The van der Waals surface area contributed by atoms with Crippen LogP contribution in [0.3, 0.4) is 0 Å². The molecular formula is C7H12O2S. The van der Waals surface area contributed by atoms with E-state index in [9.17, 15) is 4.79 Å². The fourth-order valence-electron chi connectivity index (χ4n) is 0.973. The van der Waals surface area contributed by atoms with E-state index in [4.69, 9.17) is 4.74 Å². The van der Waals surface area contributed by atoms with E-state index >= 15 is 0 Å². The lowest BCUT2D eigenvalue weighted by Gasteiger charge is -2.13. The summed E-state index contributed by atoms with van der Waals surface area (Å²) in [6.07, 6.45) is 0.868. The molecule has 1 saturated heterocycles. The summed E-state index contributed by atoms with van der Waals surface area (Å²) < 4.78 is 5.08. The van der Waals surface area contributed by atoms with Crippen molar-refractivity contribution in [2.24, 2.45) is 0 Å². The SMILES string of the molecule is CCC1SC(C)(C)OC1=O. The zero-order valence-electron chi connectivity index (χ0n) is 6.51. The zero-order valence-corrected chi connectivity index (χ0v) is 7.33. The maximum Gasteiger partial charge on any atom is 0.320 e. The zero-order chi connectivity index (χ0) is 7.78. The molecule has 0 aromatic heterocycles. The predicted octanol–water partition coefficient (Wildman–Crippen LogP) is 1.79. The number of hydrogen-bond acceptors (Lipinski definition) is 3. The molecule has 1 aliphatic heterocycles. The van der Waals surface area contributed by atoms with E-state index in [1.54, 1.807) is 11.8 Å². The molecule has 1 heterocycles. The van der Waals surface area contributed by atoms with Crippen LogP contribution < -0.4 is 0 Å². The Bertz CT molecular complexity index is 154. The molecule has 0 spiro atoms. The van der Waals surface area contributed by atoms with Crippen molar-refractivity contribution < 1.29 is 9.53 Å². The molecule has 0 amide bonds. The van der Waals surface area contributed by atoms with E-state index < -0.39 is 0 Å². The molecule has 0 radical (unpaired) electrons. The molecule has 1 aliphatic rings. The Kier molecular flexibility index (Phi) is 1.95. The number of ether oxygens (including phenoxy) is 1. The normalized spacial score (nSPS) is 30.3. The number of rotatable bonds is 1. The van der Waals surface area contributed by atoms with Gasteiger partial charge in [-0.2, -0.15) is 0 Å². The van der Waals surface area contributed by atoms with Crippen LogP contribution in [-0.4, -0.2) is 16.2 Å². The fourth-order valence-corrected chi connectivity index (χ4v) is 2.10. The highest BCUT2D eigenvalue weighted by Gasteiger charge is 2.39. The molecule has 0 aliphatic carbocycles. The van der Waals surface area contributed by atoms with Crippen LogP contribution in [0.15, 0.2) is 0 Å². The molecule has 0 bridgehead atoms. The van der Waals surface area contributed by atoms with Gasteiger partial charge in [0.15, 0.2) is 4.93 Å². The summed E-state index contributed by atoms with van der Waals surface area (Å²) in [4.78, 5) is 10.7. The summed E-state index contributed by atoms with van der Waals surface area (Å²) in [5.41, 5.74) is 0. The third-order valence-corrected chi connectivity index (χ3v) is 2.87. The Hall–Kier alpha value is -0.180. The molecule has 0 N–H and O–H groups in total. The highest BCUT2D eigenvalue weighted by molar-refractivity contribution is 8.02. The molecule has 0 aromatic rings. The van der Waals surface area contributed by atoms with Crippen LogP contribution in [0.25, 0.3) is 0 Å². The van der Waals surface area contributed by atoms with Crippen molar-refractivity contribution in [3.63, 3.8) is 0 Å². The van der Waals surface area contributed by atoms with E-state index in [0.29, 0.717) is 0 Å². The van der Waals surface area contributed by atoms with Crippen LogP contribution in [0.4, 0.5) is 0 Å². The predicted molar refractivity (Wildman–Crippen MR) is 41.8 cm³/mol. The van der Waals surface area contributed by atoms with Crippen molar-refractivity contribution >= 4 is 17.7 Å². The van der Waals surface area contributed by atoms with Crippen molar-refractivity contribution in [3.8, 4) is 0 Å². The first kappa shape index (κ1) is 7.92. The fraction of sp³-hybridized carbons (Fsp3) is 0.857. The first-order valence-electron chi connectivity index (χ1n) is 3.46. The number of carbonyl (C=O) groups is 1. The van der Waals surface area contributed by atoms with Crippen molar-refractivity contribution in [2.75, 3.05) is 0 Å². The Morgan fingerprint density at radius 3 is 2.50 bits per heavy atom. The molecule has 0 saturated carbocycles. The minimum absolute atomic E-state index is 0.0579. The lowest BCUT2D eigenvalue weighted by atomic mass is 10.3. The van der Waals surface area contributed by atoms with Gasteiger partial charge in [0, 0.05) is 0 Å². The van der Waals surface area contributed by atoms with E-state index in [2.05, 4.69) is 0 Å². The number of hydrogen-bond donors (Lipinski definition) is 0. The minimum Gasteiger partial charge on any atom is -0.448 e. The standard InChI is InChI=1S/C7H12O2S/c1-4-5-6(8)9-7(2,3)10-5/h5H,4H2,1-3H3. The molecule has 1 fully saturated rings. The first-order chi connectivity index (χ1) is 4.55. The number of carbonyl (C=O) groups excluding carboxylic acids is 1. The number of thioether (sulfide) groups is 1. The third-order valence-electron chi connectivity index (χ3n) is 1.41. The largest absolute Gasteiger partial charge is 0.448 e. The average Bonchev–Trinajstić information content (AvgIpc) is 2.05. The van der Waals surface area contributed by atoms with Crippen LogP contribution in [0.2, 0.25) is 0 Å². The van der Waals surface area contributed by atoms with Gasteiger partial charge in [0.1, 0.15) is 5.25 Å². The molecule has 0 aromatic carbocycles. The van der Waals surface area contributed by atoms with Crippen LogP contribution in [-0.2, 0) is 9.53 Å². The average molecular weight is 160 g/mol. The summed E-state index contributed by atoms with van der Waals surface area (Å²) in [6.45, 7) is 5.84. The van der Waals surface area contributed by atoms with Gasteiger partial charge in [0.2, 0.25) is 0 Å². The molecule has 2 nitrogen and oxygen atoms in total. The first-order valence-corrected chi connectivity index (χ1v) is 4.34. The summed E-state index contributed by atoms with van der Waals surface area (Å²) in [5.74, 6) is -0.0579. The lowest BCUT2D eigenvalue weighted by Crippen LogP contribution is -2.15. The topological polar surface area (TPSA) is 26.3 Å². The molecule has 10 heavy (non-hydrogen) atoms. The van der Waals surface area contributed by atoms with Crippen LogP contribution >= 0.6 is 11.8 Å². The van der Waals surface area contributed by atoms with Crippen molar-refractivity contribution in [1.29, 1.82) is 0 Å². The van der Waals surface area contributed by atoms with Gasteiger partial charge in [0.05, 0.1) is 0 Å². The second-order valence-corrected chi connectivity index (χ2v) is 4.62. The summed E-state index contributed by atoms with van der Waals surface area (Å²) in [6, 6.07) is 0. The van der Waals surface area contributed by atoms with Gasteiger partial charge >= 0.3 is 5.97 Å². The summed E-state index contributed by atoms with van der Waals surface area (Å²) in [7, 11) is 0. The van der Waals surface area contributed by atoms with Crippen LogP contribution in [0.1, 0.15) is 27.2 Å². The van der Waals surface area contributed by atoms with Gasteiger partial charge < -0.3 is 4.74 Å². The monoisotopic (exact) mass is 160 g/mol. The quantitative estimate of drug-likeness (QED) is 0.547. The van der Waals surface area contributed by atoms with E-state index in [-0.39, 0.29) is 16.2 Å². The van der Waals surface area contributed by atoms with Gasteiger partial charge in [-0.05, 0) is 20.3 Å². The third kappa shape index (κ3) is 1.45. The second-order valence-electron chi connectivity index (χ2n) is 2.84. The highest BCUT2D eigenvalue weighted by Crippen LogP contribution is 2.39. The highest BCUT2D eigenvalue weighted by atomic mass is 32.2. The van der Waals surface area contributed by atoms with Gasteiger partial charge in [0.25, 0.3) is 0 Å². The van der Waals surface area contributed by atoms with Crippen molar-refractivity contribution in [2.45, 2.75) is 37.4 Å². The smallest absolute Gasteiger partial charge is 0.320 e. The van der Waals surface area contributed by atoms with E-state index in [1.165, 1.54) is 0 Å². The molecule has 1 rings (SSSR count). The summed E-state index contributed by atoms with van der Waals surface area (Å²) >= 11 is 1.60. The number of cyclic esters (lactones) is 1. The maximum absolute atomic E-state index is 11.0. The summed E-state index contributed by atoms with van der Waals surface area (Å²) in [5, 5.41) is 0.0648. The maximum atomic E-state index is 11.0. The second kappa shape index (κ2) is 2.46. The lowest BCUT2D eigenvalue weighted by molar-refractivity contribution is -0.146. The van der Waals surface area contributed by atoms with Crippen molar-refractivity contribution in [3.05, 3.63) is 0 Å². The van der Waals surface area contributed by atoms with Crippen LogP contribution in [0.5, 0.6) is 0 Å². The molecule has 1 atom stereocenters. The Morgan fingerprint density at radius 1 is 1.70 bits per heavy atom. The molecule has 58 valence electrons. The van der Waals surface area contributed by atoms with Gasteiger partial charge in [-0.15, -0.1) is 11.8 Å². The molecular weight excluding hydrogens is 148 g/mol. The van der Waals surface area contributed by atoms with Crippen LogP contribution in [0, 0.1) is 0 Å². The molecule has 1 unspecified atom stereocenters. The van der Waals surface area contributed by atoms with Gasteiger partial charge in [-0.25, -0.2) is 0 Å². The van der Waals surface area contributed by atoms with Gasteiger partial charge in [-0.3, -0.25) is 4.79 Å². The Balaban J connectivity index is 2.61. The Morgan fingerprint density at radius 2 is 2.30 bits per heavy atom. The Labute approximate surface area is 65.3 Å². The van der Waals surface area contributed by atoms with Crippen molar-refractivity contribution in [1.82, 2.24) is 0 Å². The van der Waals surface area contributed by atoms with Gasteiger partial charge in [-0.1, -0.05) is 6.92 Å². The minimum atomic E-state index is -0.294. The molecule has 3 heteroatoms.